The van der Waals surface area contributed by atoms with Crippen LogP contribution in [0, 0.1) is 5.92 Å². The summed E-state index contributed by atoms with van der Waals surface area (Å²) < 4.78 is 0.929. The number of amides is 1. The summed E-state index contributed by atoms with van der Waals surface area (Å²) in [6.07, 6.45) is 10.2. The number of fused-ring (bicyclic) bond motifs is 1. The number of piperidine rings is 1. The molecule has 21 heavy (non-hydrogen) atoms. The Labute approximate surface area is 137 Å². The second-order valence-corrected chi connectivity index (χ2v) is 8.20. The summed E-state index contributed by atoms with van der Waals surface area (Å²) in [5.74, 6) is 1.63. The van der Waals surface area contributed by atoms with Crippen molar-refractivity contribution in [1.29, 1.82) is 0 Å². The van der Waals surface area contributed by atoms with Crippen LogP contribution in [0.5, 0.6) is 0 Å². The highest BCUT2D eigenvalue weighted by atomic mass is 32.2. The fourth-order valence-electron chi connectivity index (χ4n) is 4.13. The summed E-state index contributed by atoms with van der Waals surface area (Å²) in [5, 5.41) is 0. The molecule has 0 N–H and O–H groups in total. The molecule has 3 nitrogen and oxygen atoms in total. The van der Waals surface area contributed by atoms with Crippen LogP contribution in [-0.2, 0) is 4.79 Å². The monoisotopic (exact) mass is 326 g/mol. The SMILES string of the molecule is O=C(CSC(=S)N1CCCC1)N1CCC[C@H]2CCCC[C@@H]21. The normalized spacial score (nSPS) is 29.3. The lowest BCUT2D eigenvalue weighted by Gasteiger charge is -2.44. The van der Waals surface area contributed by atoms with Gasteiger partial charge in [-0.25, -0.2) is 0 Å². The Hall–Kier alpha value is -0.290. The van der Waals surface area contributed by atoms with E-state index in [9.17, 15) is 4.79 Å². The molecule has 2 atom stereocenters. The minimum absolute atomic E-state index is 0.318. The zero-order valence-corrected chi connectivity index (χ0v) is 14.4. The first-order valence-electron chi connectivity index (χ1n) is 8.47. The van der Waals surface area contributed by atoms with E-state index in [1.165, 1.54) is 51.4 Å². The van der Waals surface area contributed by atoms with E-state index in [4.69, 9.17) is 12.2 Å². The molecule has 0 aromatic heterocycles. The molecule has 0 aromatic carbocycles. The average molecular weight is 327 g/mol. The molecular weight excluding hydrogens is 300 g/mol. The molecule has 3 rings (SSSR count). The van der Waals surface area contributed by atoms with E-state index in [1.54, 1.807) is 11.8 Å². The molecule has 1 saturated carbocycles. The molecule has 5 heteroatoms. The van der Waals surface area contributed by atoms with E-state index in [0.717, 1.165) is 29.9 Å². The van der Waals surface area contributed by atoms with Gasteiger partial charge < -0.3 is 9.80 Å². The van der Waals surface area contributed by atoms with Crippen LogP contribution in [0.15, 0.2) is 0 Å². The molecule has 0 bridgehead atoms. The topological polar surface area (TPSA) is 23.6 Å². The molecule has 1 amide bonds. The fraction of sp³-hybridized carbons (Fsp3) is 0.875. The Morgan fingerprint density at radius 1 is 1.00 bits per heavy atom. The summed E-state index contributed by atoms with van der Waals surface area (Å²) in [6, 6.07) is 0.529. The van der Waals surface area contributed by atoms with E-state index in [-0.39, 0.29) is 0 Å². The van der Waals surface area contributed by atoms with Gasteiger partial charge in [-0.15, -0.1) is 0 Å². The maximum Gasteiger partial charge on any atom is 0.233 e. The zero-order valence-electron chi connectivity index (χ0n) is 12.8. The third-order valence-electron chi connectivity index (χ3n) is 5.25. The Morgan fingerprint density at radius 3 is 2.52 bits per heavy atom. The number of rotatable bonds is 2. The van der Waals surface area contributed by atoms with Crippen LogP contribution in [0.1, 0.15) is 51.4 Å². The lowest BCUT2D eigenvalue weighted by Crippen LogP contribution is -2.50. The van der Waals surface area contributed by atoms with Gasteiger partial charge >= 0.3 is 0 Å². The van der Waals surface area contributed by atoms with Crippen molar-refractivity contribution in [3.63, 3.8) is 0 Å². The van der Waals surface area contributed by atoms with Crippen LogP contribution >= 0.6 is 24.0 Å². The number of thioether (sulfide) groups is 1. The second-order valence-electron chi connectivity index (χ2n) is 6.59. The average Bonchev–Trinajstić information content (AvgIpc) is 3.06. The van der Waals surface area contributed by atoms with Crippen molar-refractivity contribution in [1.82, 2.24) is 9.80 Å². The molecule has 0 radical (unpaired) electrons. The van der Waals surface area contributed by atoms with E-state index < -0.39 is 0 Å². The number of hydrogen-bond acceptors (Lipinski definition) is 3. The Morgan fingerprint density at radius 2 is 1.71 bits per heavy atom. The van der Waals surface area contributed by atoms with E-state index in [2.05, 4.69) is 9.80 Å². The lowest BCUT2D eigenvalue weighted by molar-refractivity contribution is -0.134. The van der Waals surface area contributed by atoms with Crippen molar-refractivity contribution in [2.45, 2.75) is 57.4 Å². The first kappa shape index (κ1) is 15.6. The van der Waals surface area contributed by atoms with Gasteiger partial charge in [0.25, 0.3) is 0 Å². The first-order chi connectivity index (χ1) is 10.3. The Bertz CT molecular complexity index is 394. The van der Waals surface area contributed by atoms with Crippen molar-refractivity contribution in [3.05, 3.63) is 0 Å². The van der Waals surface area contributed by atoms with E-state index in [1.807, 2.05) is 0 Å². The van der Waals surface area contributed by atoms with Crippen LogP contribution in [-0.4, -0.2) is 51.5 Å². The first-order valence-corrected chi connectivity index (χ1v) is 9.86. The molecular formula is C16H26N2OS2. The van der Waals surface area contributed by atoms with Crippen molar-refractivity contribution < 1.29 is 4.79 Å². The third-order valence-corrected chi connectivity index (χ3v) is 6.76. The van der Waals surface area contributed by atoms with Crippen LogP contribution in [0.25, 0.3) is 0 Å². The van der Waals surface area contributed by atoms with Crippen LogP contribution < -0.4 is 0 Å². The number of carbonyl (C=O) groups excluding carboxylic acids is 1. The summed E-state index contributed by atoms with van der Waals surface area (Å²) in [4.78, 5) is 17.0. The van der Waals surface area contributed by atoms with Gasteiger partial charge in [-0.1, -0.05) is 36.8 Å². The van der Waals surface area contributed by atoms with Gasteiger partial charge in [-0.3, -0.25) is 4.79 Å². The molecule has 3 fully saturated rings. The molecule has 2 aliphatic heterocycles. The highest BCUT2D eigenvalue weighted by molar-refractivity contribution is 8.23. The molecule has 0 aromatic rings. The second kappa shape index (κ2) is 7.32. The fourth-order valence-corrected chi connectivity index (χ4v) is 5.27. The standard InChI is InChI=1S/C16H26N2OS2/c19-15(12-21-16(20)17-9-3-4-10-17)18-11-5-7-13-6-1-2-8-14(13)18/h13-14H,1-12H2/t13-,14+/m1/s1. The number of carbonyl (C=O) groups is 1. The molecule has 2 heterocycles. The summed E-state index contributed by atoms with van der Waals surface area (Å²) >= 11 is 7.05. The predicted molar refractivity (Wildman–Crippen MR) is 92.6 cm³/mol. The molecule has 1 aliphatic carbocycles. The van der Waals surface area contributed by atoms with Gasteiger partial charge in [-0.2, -0.15) is 0 Å². The van der Waals surface area contributed by atoms with Crippen molar-refractivity contribution in [3.8, 4) is 0 Å². The highest BCUT2D eigenvalue weighted by Crippen LogP contribution is 2.35. The summed E-state index contributed by atoms with van der Waals surface area (Å²) in [5.41, 5.74) is 0. The number of nitrogens with zero attached hydrogens (tertiary/aromatic N) is 2. The van der Waals surface area contributed by atoms with Gasteiger partial charge in [0, 0.05) is 25.7 Å². The van der Waals surface area contributed by atoms with Crippen molar-refractivity contribution in [2.24, 2.45) is 5.92 Å². The maximum atomic E-state index is 12.6. The third kappa shape index (κ3) is 3.73. The quantitative estimate of drug-likeness (QED) is 0.727. The smallest absolute Gasteiger partial charge is 0.233 e. The zero-order chi connectivity index (χ0) is 14.7. The van der Waals surface area contributed by atoms with Crippen LogP contribution in [0.4, 0.5) is 0 Å². The van der Waals surface area contributed by atoms with Gasteiger partial charge in [0.15, 0.2) is 0 Å². The molecule has 2 saturated heterocycles. The summed E-state index contributed by atoms with van der Waals surface area (Å²) in [7, 11) is 0. The minimum Gasteiger partial charge on any atom is -0.358 e. The van der Waals surface area contributed by atoms with Crippen molar-refractivity contribution >= 4 is 34.2 Å². The molecule has 118 valence electrons. The van der Waals surface area contributed by atoms with Crippen LogP contribution in [0.3, 0.4) is 0 Å². The van der Waals surface area contributed by atoms with Gasteiger partial charge in [-0.05, 0) is 44.4 Å². The molecule has 3 aliphatic rings. The number of hydrogen-bond donors (Lipinski definition) is 0. The largest absolute Gasteiger partial charge is 0.358 e. The predicted octanol–water partition coefficient (Wildman–Crippen LogP) is 3.28. The van der Waals surface area contributed by atoms with Gasteiger partial charge in [0.2, 0.25) is 5.91 Å². The van der Waals surface area contributed by atoms with Crippen LogP contribution in [0.2, 0.25) is 0 Å². The van der Waals surface area contributed by atoms with E-state index >= 15 is 0 Å². The van der Waals surface area contributed by atoms with Crippen molar-refractivity contribution in [2.75, 3.05) is 25.4 Å². The van der Waals surface area contributed by atoms with Gasteiger partial charge in [0.05, 0.1) is 5.75 Å². The Balaban J connectivity index is 1.50. The van der Waals surface area contributed by atoms with E-state index in [0.29, 0.717) is 17.7 Å². The highest BCUT2D eigenvalue weighted by Gasteiger charge is 2.35. The summed E-state index contributed by atoms with van der Waals surface area (Å²) in [6.45, 7) is 3.12. The molecule has 0 unspecified atom stereocenters. The minimum atomic E-state index is 0.318. The molecule has 0 spiro atoms. The number of thiocarbonyl (C=S) groups is 1. The van der Waals surface area contributed by atoms with Gasteiger partial charge in [0.1, 0.15) is 4.32 Å². The number of likely N-dealkylation sites (tertiary alicyclic amines) is 2. The lowest BCUT2D eigenvalue weighted by atomic mass is 9.78. The maximum absolute atomic E-state index is 12.6. The Kier molecular flexibility index (Phi) is 5.43.